The highest BCUT2D eigenvalue weighted by molar-refractivity contribution is 5.82. The first-order valence-corrected chi connectivity index (χ1v) is 13.1. The van der Waals surface area contributed by atoms with E-state index in [1.807, 2.05) is 24.3 Å². The van der Waals surface area contributed by atoms with Crippen LogP contribution in [0.25, 0.3) is 11.6 Å². The Bertz CT molecular complexity index is 1260. The predicted octanol–water partition coefficient (Wildman–Crippen LogP) is 3.50. The number of allylic oxidation sites excluding steroid dienone is 5. The Morgan fingerprint density at radius 2 is 1.97 bits per heavy atom. The molecule has 0 atom stereocenters. The molecule has 2 heterocycles. The molecule has 0 radical (unpaired) electrons. The van der Waals surface area contributed by atoms with Crippen LogP contribution in [0, 0.1) is 0 Å². The molecular weight excluding hydrogens is 488 g/mol. The molecule has 1 aliphatic heterocycles. The lowest BCUT2D eigenvalue weighted by molar-refractivity contribution is 0.0677. The number of methoxy groups -OCH3 is 1. The van der Waals surface area contributed by atoms with Gasteiger partial charge in [-0.25, -0.2) is 0 Å². The monoisotopic (exact) mass is 530 g/mol. The van der Waals surface area contributed by atoms with Gasteiger partial charge in [0.15, 0.2) is 0 Å². The second kappa shape index (κ2) is 14.0. The molecule has 0 aliphatic carbocycles. The Hall–Kier alpha value is -4.37. The van der Waals surface area contributed by atoms with Gasteiger partial charge in [0.25, 0.3) is 0 Å². The molecule has 1 fully saturated rings. The molecular formula is C30H42N8O. The van der Waals surface area contributed by atoms with E-state index in [0.717, 1.165) is 48.6 Å². The minimum Gasteiger partial charge on any atom is -0.494 e. The highest BCUT2D eigenvalue weighted by Crippen LogP contribution is 2.36. The number of anilines is 1. The second-order valence-electron chi connectivity index (χ2n) is 9.57. The molecule has 0 bridgehead atoms. The van der Waals surface area contributed by atoms with Crippen LogP contribution in [-0.2, 0) is 6.54 Å². The molecule has 0 unspecified atom stereocenters. The number of aromatic nitrogens is 1. The first-order chi connectivity index (χ1) is 18.8. The van der Waals surface area contributed by atoms with Crippen LogP contribution in [0.5, 0.6) is 5.75 Å². The summed E-state index contributed by atoms with van der Waals surface area (Å²) in [6.45, 7) is 6.65. The van der Waals surface area contributed by atoms with Gasteiger partial charge < -0.3 is 37.9 Å². The largest absolute Gasteiger partial charge is 0.494 e. The molecule has 9 N–H and O–H groups in total. The maximum Gasteiger partial charge on any atom is 0.150 e. The maximum absolute atomic E-state index is 6.07. The van der Waals surface area contributed by atoms with E-state index in [4.69, 9.17) is 27.7 Å². The molecule has 39 heavy (non-hydrogen) atoms. The number of likely N-dealkylation sites (N-methyl/N-ethyl adjacent to an activating group) is 1. The number of nitrogens with two attached hydrogens (primary N) is 4. The second-order valence-corrected chi connectivity index (χ2v) is 9.57. The Labute approximate surface area is 232 Å². The maximum atomic E-state index is 6.07. The molecule has 1 saturated heterocycles. The normalized spacial score (nSPS) is 15.2. The number of hydrogen-bond donors (Lipinski definition) is 5. The first-order valence-electron chi connectivity index (χ1n) is 13.1. The van der Waals surface area contributed by atoms with E-state index in [9.17, 15) is 0 Å². The topological polar surface area (TPSA) is 145 Å². The van der Waals surface area contributed by atoms with Gasteiger partial charge in [0.2, 0.25) is 0 Å². The van der Waals surface area contributed by atoms with Gasteiger partial charge in [0.05, 0.1) is 36.1 Å². The average Bonchev–Trinajstić information content (AvgIpc) is 2.88. The van der Waals surface area contributed by atoms with Gasteiger partial charge in [-0.3, -0.25) is 9.88 Å². The van der Waals surface area contributed by atoms with Crippen molar-refractivity contribution in [2.45, 2.75) is 32.9 Å². The van der Waals surface area contributed by atoms with Crippen LogP contribution in [0.3, 0.4) is 0 Å². The fourth-order valence-electron chi connectivity index (χ4n) is 4.41. The summed E-state index contributed by atoms with van der Waals surface area (Å²) in [5, 5.41) is 3.33. The van der Waals surface area contributed by atoms with E-state index in [1.165, 1.54) is 11.8 Å². The molecule has 1 aromatic heterocycles. The van der Waals surface area contributed by atoms with E-state index in [2.05, 4.69) is 64.6 Å². The molecule has 0 spiro atoms. The SMILES string of the molecule is CC/C=C\C(=C/N(C)C1CN(Cc2cccnc2/C=C\N)C1)c1cccc(N/C(C=C(N)N)=C(\C)N)c1OC. The lowest BCUT2D eigenvalue weighted by Gasteiger charge is -2.44. The van der Waals surface area contributed by atoms with Gasteiger partial charge >= 0.3 is 0 Å². The van der Waals surface area contributed by atoms with Crippen LogP contribution in [0.4, 0.5) is 5.69 Å². The first kappa shape index (κ1) is 29.2. The summed E-state index contributed by atoms with van der Waals surface area (Å²) >= 11 is 0. The third kappa shape index (κ3) is 7.81. The molecule has 208 valence electrons. The van der Waals surface area contributed by atoms with Crippen molar-refractivity contribution in [1.82, 2.24) is 14.8 Å². The molecule has 0 amide bonds. The molecule has 1 aliphatic rings. The summed E-state index contributed by atoms with van der Waals surface area (Å²) in [6, 6.07) is 10.4. The number of benzene rings is 1. The fourth-order valence-corrected chi connectivity index (χ4v) is 4.41. The van der Waals surface area contributed by atoms with E-state index in [-0.39, 0.29) is 5.82 Å². The number of nitrogens with one attached hydrogen (secondary N) is 1. The van der Waals surface area contributed by atoms with Crippen molar-refractivity contribution in [3.63, 3.8) is 0 Å². The average molecular weight is 531 g/mol. The number of para-hydroxylation sites is 1. The van der Waals surface area contributed by atoms with E-state index in [1.54, 1.807) is 26.3 Å². The molecule has 2 aromatic rings. The van der Waals surface area contributed by atoms with Crippen molar-refractivity contribution in [2.24, 2.45) is 22.9 Å². The number of hydrogen-bond acceptors (Lipinski definition) is 9. The number of nitrogens with zero attached hydrogens (tertiary/aromatic N) is 3. The van der Waals surface area contributed by atoms with Gasteiger partial charge in [0.1, 0.15) is 5.75 Å². The van der Waals surface area contributed by atoms with Crippen molar-refractivity contribution in [2.75, 3.05) is 32.6 Å². The lowest BCUT2D eigenvalue weighted by Crippen LogP contribution is -2.56. The van der Waals surface area contributed by atoms with Gasteiger partial charge in [-0.1, -0.05) is 37.3 Å². The molecule has 1 aromatic carbocycles. The summed E-state index contributed by atoms with van der Waals surface area (Å²) in [5.41, 5.74) is 29.1. The summed E-state index contributed by atoms with van der Waals surface area (Å²) < 4.78 is 5.89. The highest BCUT2D eigenvalue weighted by atomic mass is 16.5. The van der Waals surface area contributed by atoms with Crippen LogP contribution in [0.1, 0.15) is 37.1 Å². The van der Waals surface area contributed by atoms with Crippen molar-refractivity contribution in [3.05, 3.63) is 101 Å². The third-order valence-electron chi connectivity index (χ3n) is 6.50. The summed E-state index contributed by atoms with van der Waals surface area (Å²) in [7, 11) is 3.79. The fraction of sp³-hybridized carbons (Fsp3) is 0.300. The number of likely N-dealkylation sites (tertiary alicyclic amines) is 1. The number of rotatable bonds is 12. The van der Waals surface area contributed by atoms with Crippen molar-refractivity contribution >= 4 is 17.3 Å². The molecule has 0 saturated carbocycles. The number of pyridine rings is 1. The zero-order valence-electron chi connectivity index (χ0n) is 23.4. The van der Waals surface area contributed by atoms with Gasteiger partial charge in [0, 0.05) is 62.0 Å². The van der Waals surface area contributed by atoms with E-state index in [0.29, 0.717) is 23.2 Å². The quantitative estimate of drug-likeness (QED) is 0.260. The molecule has 9 nitrogen and oxygen atoms in total. The zero-order valence-corrected chi connectivity index (χ0v) is 23.4. The lowest BCUT2D eigenvalue weighted by atomic mass is 10.0. The number of ether oxygens (including phenoxy) is 1. The Morgan fingerprint density at radius 1 is 1.21 bits per heavy atom. The summed E-state index contributed by atoms with van der Waals surface area (Å²) in [4.78, 5) is 9.13. The Kier molecular flexibility index (Phi) is 10.5. The van der Waals surface area contributed by atoms with Crippen LogP contribution in [-0.4, -0.2) is 48.1 Å². The van der Waals surface area contributed by atoms with Crippen molar-refractivity contribution < 1.29 is 4.74 Å². The van der Waals surface area contributed by atoms with Crippen molar-refractivity contribution in [1.29, 1.82) is 0 Å². The van der Waals surface area contributed by atoms with Crippen molar-refractivity contribution in [3.8, 4) is 5.75 Å². The third-order valence-corrected chi connectivity index (χ3v) is 6.50. The highest BCUT2D eigenvalue weighted by Gasteiger charge is 2.29. The molecule has 9 heteroatoms. The van der Waals surface area contributed by atoms with E-state index < -0.39 is 0 Å². The van der Waals surface area contributed by atoms with Gasteiger partial charge in [-0.15, -0.1) is 0 Å². The Morgan fingerprint density at radius 3 is 2.62 bits per heavy atom. The van der Waals surface area contributed by atoms with Gasteiger partial charge in [-0.05, 0) is 43.3 Å². The zero-order chi connectivity index (χ0) is 28.4. The van der Waals surface area contributed by atoms with Crippen LogP contribution < -0.4 is 33.0 Å². The minimum atomic E-state index is 0.163. The summed E-state index contributed by atoms with van der Waals surface area (Å²) in [6.07, 6.45) is 14.2. The Balaban J connectivity index is 1.83. The molecule has 3 rings (SSSR count). The standard InChI is InChI=1S/C30H42N8O/c1-5-6-9-22(25-11-7-12-27(30(25)39-4)36-28(21(2)32)16-29(33)34)17-37(3)24-19-38(20-24)18-23-10-8-15-35-26(23)13-14-31/h6-17,24,36H,5,18-20,31-34H2,1-4H3/b9-6-,14-13-,22-17+,28-21+. The van der Waals surface area contributed by atoms with Crippen LogP contribution >= 0.6 is 0 Å². The van der Waals surface area contributed by atoms with Gasteiger partial charge in [-0.2, -0.15) is 0 Å². The van der Waals surface area contributed by atoms with E-state index >= 15 is 0 Å². The summed E-state index contributed by atoms with van der Waals surface area (Å²) in [5.74, 6) is 0.864. The minimum absolute atomic E-state index is 0.163. The van der Waals surface area contributed by atoms with Crippen LogP contribution in [0.2, 0.25) is 0 Å². The smallest absolute Gasteiger partial charge is 0.150 e. The predicted molar refractivity (Wildman–Crippen MR) is 162 cm³/mol. The van der Waals surface area contributed by atoms with Crippen LogP contribution in [0.15, 0.2) is 84.4 Å².